The molecule has 0 amide bonds. The first-order chi connectivity index (χ1) is 7.24. The third-order valence-corrected chi connectivity index (χ3v) is 3.20. The van der Waals surface area contributed by atoms with Gasteiger partial charge in [0.2, 0.25) is 0 Å². The summed E-state index contributed by atoms with van der Waals surface area (Å²) in [6, 6.07) is 10.4. The van der Waals surface area contributed by atoms with Crippen LogP contribution >= 0.6 is 15.9 Å². The molecule has 0 aliphatic heterocycles. The number of hydrogen-bond acceptors (Lipinski definition) is 1. The lowest BCUT2D eigenvalue weighted by atomic mass is 10.1. The van der Waals surface area contributed by atoms with E-state index in [-0.39, 0.29) is 0 Å². The maximum Gasteiger partial charge on any atom is 0.177 e. The monoisotopic (exact) mass is 264 g/mol. The second kappa shape index (κ2) is 4.19. The molecule has 0 unspecified atom stereocenters. The Morgan fingerprint density at radius 1 is 1.27 bits per heavy atom. The molecule has 78 valence electrons. The summed E-state index contributed by atoms with van der Waals surface area (Å²) in [4.78, 5) is 4.48. The zero-order valence-corrected chi connectivity index (χ0v) is 10.5. The van der Waals surface area contributed by atoms with Crippen molar-refractivity contribution in [2.24, 2.45) is 7.05 Å². The molecule has 0 saturated carbocycles. The van der Waals surface area contributed by atoms with Gasteiger partial charge < -0.3 is 4.57 Å². The van der Waals surface area contributed by atoms with Gasteiger partial charge in [0, 0.05) is 12.6 Å². The summed E-state index contributed by atoms with van der Waals surface area (Å²) < 4.78 is 2.96. The van der Waals surface area contributed by atoms with Crippen molar-refractivity contribution in [2.45, 2.75) is 13.3 Å². The third-order valence-electron chi connectivity index (χ3n) is 2.49. The van der Waals surface area contributed by atoms with Gasteiger partial charge in [0.15, 0.2) is 4.73 Å². The SMILES string of the molecule is CCc1nc(Br)n(C)c1-c1ccccc1. The Balaban J connectivity index is 2.61. The Bertz CT molecular complexity index is 460. The highest BCUT2D eigenvalue weighted by molar-refractivity contribution is 9.10. The van der Waals surface area contributed by atoms with Crippen LogP contribution in [0.1, 0.15) is 12.6 Å². The molecule has 1 heterocycles. The van der Waals surface area contributed by atoms with Gasteiger partial charge in [-0.05, 0) is 22.4 Å². The molecule has 2 rings (SSSR count). The van der Waals surface area contributed by atoms with Gasteiger partial charge in [-0.3, -0.25) is 0 Å². The lowest BCUT2D eigenvalue weighted by Gasteiger charge is -2.04. The van der Waals surface area contributed by atoms with E-state index in [1.54, 1.807) is 0 Å². The maximum atomic E-state index is 4.48. The summed E-state index contributed by atoms with van der Waals surface area (Å²) in [5.74, 6) is 0. The minimum Gasteiger partial charge on any atom is -0.321 e. The van der Waals surface area contributed by atoms with E-state index in [0.717, 1.165) is 16.8 Å². The molecule has 0 fully saturated rings. The van der Waals surface area contributed by atoms with Gasteiger partial charge in [-0.2, -0.15) is 0 Å². The Labute approximate surface area is 98.1 Å². The van der Waals surface area contributed by atoms with Gasteiger partial charge in [-0.25, -0.2) is 4.98 Å². The van der Waals surface area contributed by atoms with Crippen LogP contribution in [0.2, 0.25) is 0 Å². The van der Waals surface area contributed by atoms with Crippen molar-refractivity contribution in [2.75, 3.05) is 0 Å². The molecule has 0 N–H and O–H groups in total. The molecule has 0 spiro atoms. The number of nitrogens with zero attached hydrogens (tertiary/aromatic N) is 2. The maximum absolute atomic E-state index is 4.48. The van der Waals surface area contributed by atoms with E-state index >= 15 is 0 Å². The van der Waals surface area contributed by atoms with Crippen LogP contribution in [0, 0.1) is 0 Å². The average molecular weight is 265 g/mol. The summed E-state index contributed by atoms with van der Waals surface area (Å²) in [5.41, 5.74) is 3.55. The fraction of sp³-hybridized carbons (Fsp3) is 0.250. The van der Waals surface area contributed by atoms with E-state index in [1.807, 2.05) is 13.1 Å². The highest BCUT2D eigenvalue weighted by Gasteiger charge is 2.12. The highest BCUT2D eigenvalue weighted by atomic mass is 79.9. The van der Waals surface area contributed by atoms with Crippen LogP contribution in [0.5, 0.6) is 0 Å². The summed E-state index contributed by atoms with van der Waals surface area (Å²) in [6.45, 7) is 2.13. The molecule has 0 saturated heterocycles. The van der Waals surface area contributed by atoms with Crippen molar-refractivity contribution in [1.29, 1.82) is 0 Å². The Morgan fingerprint density at radius 2 is 1.93 bits per heavy atom. The molecule has 15 heavy (non-hydrogen) atoms. The van der Waals surface area contributed by atoms with Gasteiger partial charge in [0.1, 0.15) is 0 Å². The van der Waals surface area contributed by atoms with E-state index in [4.69, 9.17) is 0 Å². The molecule has 0 aliphatic rings. The number of hydrogen-bond donors (Lipinski definition) is 0. The van der Waals surface area contributed by atoms with Gasteiger partial charge in [-0.1, -0.05) is 37.3 Å². The quantitative estimate of drug-likeness (QED) is 0.813. The first-order valence-corrected chi connectivity index (χ1v) is 5.79. The van der Waals surface area contributed by atoms with E-state index in [1.165, 1.54) is 11.3 Å². The number of imidazole rings is 1. The van der Waals surface area contributed by atoms with Gasteiger partial charge in [0.25, 0.3) is 0 Å². The number of rotatable bonds is 2. The van der Waals surface area contributed by atoms with E-state index < -0.39 is 0 Å². The van der Waals surface area contributed by atoms with Gasteiger partial charge in [0.05, 0.1) is 11.4 Å². The summed E-state index contributed by atoms with van der Waals surface area (Å²) in [7, 11) is 2.03. The number of aromatic nitrogens is 2. The van der Waals surface area contributed by atoms with Crippen LogP contribution in [0.3, 0.4) is 0 Å². The number of aryl methyl sites for hydroxylation is 1. The molecule has 0 radical (unpaired) electrons. The zero-order valence-electron chi connectivity index (χ0n) is 8.87. The molecule has 0 bridgehead atoms. The lowest BCUT2D eigenvalue weighted by Crippen LogP contribution is -1.93. The second-order valence-electron chi connectivity index (χ2n) is 3.45. The lowest BCUT2D eigenvalue weighted by molar-refractivity contribution is 0.889. The number of halogens is 1. The van der Waals surface area contributed by atoms with E-state index in [0.29, 0.717) is 0 Å². The van der Waals surface area contributed by atoms with Crippen LogP contribution in [0.15, 0.2) is 35.1 Å². The summed E-state index contributed by atoms with van der Waals surface area (Å²) in [6.07, 6.45) is 0.948. The highest BCUT2D eigenvalue weighted by Crippen LogP contribution is 2.26. The van der Waals surface area contributed by atoms with Crippen molar-refractivity contribution < 1.29 is 0 Å². The van der Waals surface area contributed by atoms with Gasteiger partial charge in [-0.15, -0.1) is 0 Å². The van der Waals surface area contributed by atoms with Crippen LogP contribution in [-0.2, 0) is 13.5 Å². The van der Waals surface area contributed by atoms with Crippen molar-refractivity contribution in [1.82, 2.24) is 9.55 Å². The summed E-state index contributed by atoms with van der Waals surface area (Å²) in [5, 5.41) is 0. The average Bonchev–Trinajstić information content (AvgIpc) is 2.56. The molecule has 2 nitrogen and oxygen atoms in total. The third kappa shape index (κ3) is 1.84. The topological polar surface area (TPSA) is 17.8 Å². The van der Waals surface area contributed by atoms with Crippen LogP contribution in [-0.4, -0.2) is 9.55 Å². The predicted molar refractivity (Wildman–Crippen MR) is 65.7 cm³/mol. The van der Waals surface area contributed by atoms with Crippen molar-refractivity contribution in [3.63, 3.8) is 0 Å². The minimum atomic E-state index is 0.887. The smallest absolute Gasteiger partial charge is 0.177 e. The first kappa shape index (κ1) is 10.4. The molecule has 1 aromatic heterocycles. The molecule has 3 heteroatoms. The van der Waals surface area contributed by atoms with Gasteiger partial charge >= 0.3 is 0 Å². The van der Waals surface area contributed by atoms with Crippen molar-refractivity contribution in [3.05, 3.63) is 40.8 Å². The summed E-state index contributed by atoms with van der Waals surface area (Å²) >= 11 is 3.46. The Hall–Kier alpha value is -1.09. The fourth-order valence-electron chi connectivity index (χ4n) is 1.73. The van der Waals surface area contributed by atoms with E-state index in [2.05, 4.69) is 56.7 Å². The van der Waals surface area contributed by atoms with Crippen LogP contribution in [0.25, 0.3) is 11.3 Å². The van der Waals surface area contributed by atoms with Crippen LogP contribution < -0.4 is 0 Å². The molecule has 0 aliphatic carbocycles. The minimum absolute atomic E-state index is 0.887. The zero-order chi connectivity index (χ0) is 10.8. The fourth-order valence-corrected chi connectivity index (χ4v) is 2.12. The van der Waals surface area contributed by atoms with Crippen molar-refractivity contribution >= 4 is 15.9 Å². The van der Waals surface area contributed by atoms with Crippen LogP contribution in [0.4, 0.5) is 0 Å². The normalized spacial score (nSPS) is 10.6. The molecular formula is C12H13BrN2. The molecule has 1 aromatic carbocycles. The molecular weight excluding hydrogens is 252 g/mol. The molecule has 0 atom stereocenters. The number of benzene rings is 1. The second-order valence-corrected chi connectivity index (χ2v) is 4.16. The predicted octanol–water partition coefficient (Wildman–Crippen LogP) is 3.41. The Kier molecular flexibility index (Phi) is 2.91. The largest absolute Gasteiger partial charge is 0.321 e. The molecule has 2 aromatic rings. The first-order valence-electron chi connectivity index (χ1n) is 5.00. The van der Waals surface area contributed by atoms with Crippen molar-refractivity contribution in [3.8, 4) is 11.3 Å². The standard InChI is InChI=1S/C12H13BrN2/c1-3-10-11(15(2)12(13)14-10)9-7-5-4-6-8-9/h4-8H,3H2,1-2H3. The Morgan fingerprint density at radius 3 is 2.53 bits per heavy atom. The van der Waals surface area contributed by atoms with E-state index in [9.17, 15) is 0 Å².